The highest BCUT2D eigenvalue weighted by molar-refractivity contribution is 5.89. The minimum atomic E-state index is -1.77. The zero-order chi connectivity index (χ0) is 15.8. The molecule has 0 aromatic rings. The monoisotopic (exact) mass is 311 g/mol. The van der Waals surface area contributed by atoms with E-state index in [0.29, 0.717) is 13.0 Å². The van der Waals surface area contributed by atoms with Gasteiger partial charge >= 0.3 is 23.6 Å². The highest BCUT2D eigenvalue weighted by atomic mass is 16.7. The highest BCUT2D eigenvalue weighted by Gasteiger charge is 2.47. The fourth-order valence-corrected chi connectivity index (χ4v) is 2.86. The molecule has 0 aromatic carbocycles. The van der Waals surface area contributed by atoms with E-state index in [9.17, 15) is 14.4 Å². The second-order valence-electron chi connectivity index (χ2n) is 6.04. The summed E-state index contributed by atoms with van der Waals surface area (Å²) < 4.78 is 10.7. The molecule has 1 N–H and O–H groups in total. The smallest absolute Gasteiger partial charge is 0.336 e. The molecule has 0 aliphatic carbocycles. The van der Waals surface area contributed by atoms with Crippen LogP contribution in [-0.2, 0) is 23.9 Å². The summed E-state index contributed by atoms with van der Waals surface area (Å²) in [5, 5.41) is 2.68. The Bertz CT molecular complexity index is 397. The van der Waals surface area contributed by atoms with Crippen LogP contribution in [-0.4, -0.2) is 30.2 Å². The molecule has 0 radical (unpaired) electrons. The number of esters is 2. The summed E-state index contributed by atoms with van der Waals surface area (Å²) in [5.74, 6) is -3.21. The van der Waals surface area contributed by atoms with Gasteiger partial charge in [-0.15, -0.1) is 0 Å². The van der Waals surface area contributed by atoms with E-state index in [0.717, 1.165) is 44.9 Å². The Morgan fingerprint density at radius 3 is 1.86 bits per heavy atom. The van der Waals surface area contributed by atoms with Crippen LogP contribution >= 0.6 is 0 Å². The molecule has 2 aliphatic heterocycles. The largest absolute Gasteiger partial charge is 0.413 e. The summed E-state index contributed by atoms with van der Waals surface area (Å²) in [7, 11) is 0. The van der Waals surface area contributed by atoms with Gasteiger partial charge in [-0.25, -0.2) is 0 Å². The van der Waals surface area contributed by atoms with Gasteiger partial charge in [-0.2, -0.15) is 0 Å². The maximum atomic E-state index is 12.3. The molecule has 0 atom stereocenters. The summed E-state index contributed by atoms with van der Waals surface area (Å²) >= 11 is 0. The van der Waals surface area contributed by atoms with Crippen LogP contribution < -0.4 is 5.32 Å². The molecule has 2 aliphatic rings. The lowest BCUT2D eigenvalue weighted by atomic mass is 10.1. The first-order valence-electron chi connectivity index (χ1n) is 8.34. The molecule has 22 heavy (non-hydrogen) atoms. The lowest BCUT2D eigenvalue weighted by Crippen LogP contribution is -2.52. The molecule has 0 bridgehead atoms. The molecular formula is C16H25NO5. The fourth-order valence-electron chi connectivity index (χ4n) is 2.86. The Hall–Kier alpha value is -1.59. The molecule has 0 saturated carbocycles. The summed E-state index contributed by atoms with van der Waals surface area (Å²) in [6.07, 6.45) is 7.69. The van der Waals surface area contributed by atoms with E-state index in [2.05, 4.69) is 5.32 Å². The van der Waals surface area contributed by atoms with Crippen molar-refractivity contribution in [2.45, 2.75) is 76.4 Å². The number of hydrogen-bond donors (Lipinski definition) is 1. The van der Waals surface area contributed by atoms with E-state index >= 15 is 0 Å². The molecule has 0 aromatic heterocycles. The number of carbonyl (C=O) groups is 3. The number of rotatable bonds is 0. The third-order valence-corrected chi connectivity index (χ3v) is 4.13. The predicted octanol–water partition coefficient (Wildman–Crippen LogP) is 2.20. The molecule has 2 heterocycles. The quantitative estimate of drug-likeness (QED) is 0.694. The first-order chi connectivity index (χ1) is 10.6. The Morgan fingerprint density at radius 2 is 1.27 bits per heavy atom. The Kier molecular flexibility index (Phi) is 6.21. The molecule has 1 amide bonds. The van der Waals surface area contributed by atoms with Gasteiger partial charge in [-0.1, -0.05) is 25.7 Å². The van der Waals surface area contributed by atoms with Gasteiger partial charge < -0.3 is 14.8 Å². The summed E-state index contributed by atoms with van der Waals surface area (Å²) in [4.78, 5) is 36.4. The van der Waals surface area contributed by atoms with Crippen LogP contribution in [0.25, 0.3) is 0 Å². The molecule has 6 nitrogen and oxygen atoms in total. The van der Waals surface area contributed by atoms with E-state index < -0.39 is 23.6 Å². The van der Waals surface area contributed by atoms with Crippen LogP contribution in [0.15, 0.2) is 0 Å². The fraction of sp³-hybridized carbons (Fsp3) is 0.812. The van der Waals surface area contributed by atoms with Crippen molar-refractivity contribution in [1.29, 1.82) is 0 Å². The van der Waals surface area contributed by atoms with Crippen molar-refractivity contribution in [2.24, 2.45) is 0 Å². The Labute approximate surface area is 130 Å². The third-order valence-electron chi connectivity index (χ3n) is 4.13. The molecule has 2 rings (SSSR count). The van der Waals surface area contributed by atoms with E-state index in [1.54, 1.807) is 0 Å². The van der Waals surface area contributed by atoms with Gasteiger partial charge in [0.25, 0.3) is 0 Å². The van der Waals surface area contributed by atoms with Crippen molar-refractivity contribution in [1.82, 2.24) is 5.32 Å². The third kappa shape index (κ3) is 4.71. The van der Waals surface area contributed by atoms with Crippen molar-refractivity contribution < 1.29 is 23.9 Å². The van der Waals surface area contributed by atoms with Gasteiger partial charge in [0.15, 0.2) is 0 Å². The zero-order valence-corrected chi connectivity index (χ0v) is 13.0. The second-order valence-corrected chi connectivity index (χ2v) is 6.04. The number of carbonyl (C=O) groups excluding carboxylic acids is 3. The van der Waals surface area contributed by atoms with Gasteiger partial charge in [0.2, 0.25) is 0 Å². The summed E-state index contributed by atoms with van der Waals surface area (Å²) in [5.41, 5.74) is 0. The van der Waals surface area contributed by atoms with Crippen LogP contribution in [0.5, 0.6) is 0 Å². The van der Waals surface area contributed by atoms with Gasteiger partial charge in [-0.05, 0) is 25.7 Å². The van der Waals surface area contributed by atoms with Gasteiger partial charge in [0.05, 0.1) is 0 Å². The standard InChI is InChI=1S/C16H25NO5/c18-13-9-5-3-1-2-4-6-10-14(19)22-16(21-13)11-7-8-12-17-15(16)20/h1-12H2,(H,17,20). The van der Waals surface area contributed by atoms with Crippen molar-refractivity contribution in [3.63, 3.8) is 0 Å². The van der Waals surface area contributed by atoms with Crippen molar-refractivity contribution in [2.75, 3.05) is 6.54 Å². The first kappa shape index (κ1) is 16.8. The predicted molar refractivity (Wildman–Crippen MR) is 78.7 cm³/mol. The number of ether oxygens (including phenoxy) is 2. The lowest BCUT2D eigenvalue weighted by molar-refractivity contribution is -0.228. The van der Waals surface area contributed by atoms with Crippen LogP contribution in [0.4, 0.5) is 0 Å². The minimum Gasteiger partial charge on any atom is -0.413 e. The van der Waals surface area contributed by atoms with Crippen molar-refractivity contribution in [3.05, 3.63) is 0 Å². The van der Waals surface area contributed by atoms with E-state index in [4.69, 9.17) is 9.47 Å². The zero-order valence-electron chi connectivity index (χ0n) is 13.0. The molecule has 2 saturated heterocycles. The lowest BCUT2D eigenvalue weighted by Gasteiger charge is -2.29. The maximum absolute atomic E-state index is 12.3. The van der Waals surface area contributed by atoms with Crippen LogP contribution in [0, 0.1) is 0 Å². The summed E-state index contributed by atoms with van der Waals surface area (Å²) in [6.45, 7) is 0.510. The molecular weight excluding hydrogens is 286 g/mol. The average Bonchev–Trinajstić information content (AvgIpc) is 2.63. The van der Waals surface area contributed by atoms with E-state index in [1.807, 2.05) is 0 Å². The van der Waals surface area contributed by atoms with Crippen LogP contribution in [0.3, 0.4) is 0 Å². The highest BCUT2D eigenvalue weighted by Crippen LogP contribution is 2.26. The number of hydrogen-bond acceptors (Lipinski definition) is 5. The molecule has 2 fully saturated rings. The Morgan fingerprint density at radius 1 is 0.727 bits per heavy atom. The van der Waals surface area contributed by atoms with Crippen LogP contribution in [0.1, 0.15) is 70.6 Å². The first-order valence-corrected chi connectivity index (χ1v) is 8.34. The maximum Gasteiger partial charge on any atom is 0.336 e. The second kappa shape index (κ2) is 8.15. The Balaban J connectivity index is 2.14. The molecule has 124 valence electrons. The van der Waals surface area contributed by atoms with Gasteiger partial charge in [0, 0.05) is 25.8 Å². The molecule has 0 unspecified atom stereocenters. The van der Waals surface area contributed by atoms with Crippen molar-refractivity contribution in [3.8, 4) is 0 Å². The van der Waals surface area contributed by atoms with Crippen LogP contribution in [0.2, 0.25) is 0 Å². The number of amides is 1. The number of nitrogens with one attached hydrogen (secondary N) is 1. The summed E-state index contributed by atoms with van der Waals surface area (Å²) in [6, 6.07) is 0. The molecule has 1 spiro atoms. The van der Waals surface area contributed by atoms with E-state index in [1.165, 1.54) is 0 Å². The van der Waals surface area contributed by atoms with E-state index in [-0.39, 0.29) is 19.3 Å². The van der Waals surface area contributed by atoms with Crippen molar-refractivity contribution >= 4 is 17.8 Å². The van der Waals surface area contributed by atoms with Gasteiger partial charge in [-0.3, -0.25) is 14.4 Å². The normalized spacial score (nSPS) is 24.8. The minimum absolute atomic E-state index is 0.232. The SMILES string of the molecule is O=C1CCCCCCCCC(=O)OC2(CCCCNC2=O)O1. The van der Waals surface area contributed by atoms with Gasteiger partial charge in [0.1, 0.15) is 0 Å². The average molecular weight is 311 g/mol. The topological polar surface area (TPSA) is 81.7 Å². The molecule has 6 heteroatoms.